The first-order valence-corrected chi connectivity index (χ1v) is 6.13. The van der Waals surface area contributed by atoms with E-state index in [9.17, 15) is 9.59 Å². The van der Waals surface area contributed by atoms with Gasteiger partial charge >= 0.3 is 0 Å². The first-order valence-electron chi connectivity index (χ1n) is 3.86. The summed E-state index contributed by atoms with van der Waals surface area (Å²) in [4.78, 5) is 21.1. The molecule has 0 unspecified atom stereocenters. The average molecular weight is 357 g/mol. The smallest absolute Gasteiger partial charge is 0.266 e. The number of hydrogen-bond acceptors (Lipinski definition) is 2. The maximum atomic E-state index is 10.6. The maximum Gasteiger partial charge on any atom is 0.266 e. The predicted molar refractivity (Wildman–Crippen MR) is 73.0 cm³/mol. The summed E-state index contributed by atoms with van der Waals surface area (Å²) in [7, 11) is 0. The van der Waals surface area contributed by atoms with E-state index in [1.54, 1.807) is 0 Å². The van der Waals surface area contributed by atoms with Crippen molar-refractivity contribution in [1.82, 2.24) is 0 Å². The lowest BCUT2D eigenvalue weighted by molar-refractivity contribution is 0.107. The summed E-state index contributed by atoms with van der Waals surface area (Å²) >= 11 is 29.7. The molecule has 0 heterocycles. The van der Waals surface area contributed by atoms with Crippen LogP contribution in [-0.2, 0) is 0 Å². The van der Waals surface area contributed by atoms with Gasteiger partial charge in [-0.2, -0.15) is 0 Å². The van der Waals surface area contributed by atoms with E-state index in [1.807, 2.05) is 0 Å². The molecule has 17 heavy (non-hydrogen) atoms. The Morgan fingerprint density at radius 2 is 0.941 bits per heavy atom. The van der Waals surface area contributed by atoms with Gasteiger partial charge in [0.25, 0.3) is 13.7 Å². The Morgan fingerprint density at radius 3 is 1.06 bits per heavy atom. The van der Waals surface area contributed by atoms with Crippen LogP contribution in [0, 0.1) is 0 Å². The summed E-state index contributed by atoms with van der Waals surface area (Å²) in [6.45, 7) is 0. The molecule has 0 aromatic heterocycles. The van der Waals surface area contributed by atoms with Crippen molar-refractivity contribution in [3.63, 3.8) is 0 Å². The van der Waals surface area contributed by atoms with E-state index < -0.39 is 13.7 Å². The number of benzene rings is 1. The lowest BCUT2D eigenvalue weighted by Gasteiger charge is -1.94. The highest BCUT2D eigenvalue weighted by Gasteiger charge is 2.11. The molecular weight excluding hydrogens is 353 g/mol. The minimum atomic E-state index is -1.61. The summed E-state index contributed by atoms with van der Waals surface area (Å²) in [5.74, 6) is 0. The van der Waals surface area contributed by atoms with Crippen molar-refractivity contribution in [3.05, 3.63) is 35.4 Å². The molecular formula is C9H4Cl6O2. The Kier molecular flexibility index (Phi) is 7.81. The van der Waals surface area contributed by atoms with E-state index in [0.29, 0.717) is 11.1 Å². The molecule has 0 bridgehead atoms. The molecule has 0 spiro atoms. The zero-order chi connectivity index (χ0) is 13.6. The fourth-order valence-corrected chi connectivity index (χ4v) is 0.984. The topological polar surface area (TPSA) is 34.1 Å². The van der Waals surface area contributed by atoms with Gasteiger partial charge in [-0.1, -0.05) is 46.4 Å². The van der Waals surface area contributed by atoms with Gasteiger partial charge < -0.3 is 0 Å². The number of carbonyl (C=O) groups is 2. The average Bonchev–Trinajstić information content (AvgIpc) is 2.15. The van der Waals surface area contributed by atoms with Crippen molar-refractivity contribution < 1.29 is 9.59 Å². The van der Waals surface area contributed by atoms with E-state index >= 15 is 0 Å². The zero-order valence-electron chi connectivity index (χ0n) is 7.89. The highest BCUT2D eigenvalue weighted by atomic mass is 35.6. The van der Waals surface area contributed by atoms with Crippen LogP contribution in [0.4, 0.5) is 0 Å². The highest BCUT2D eigenvalue weighted by Crippen LogP contribution is 2.29. The van der Waals surface area contributed by atoms with Crippen LogP contribution >= 0.6 is 69.6 Å². The molecule has 0 saturated carbocycles. The van der Waals surface area contributed by atoms with Gasteiger partial charge in [0, 0.05) is 11.1 Å². The number of halogens is 6. The predicted octanol–water partition coefficient (Wildman–Crippen LogP) is 5.00. The van der Waals surface area contributed by atoms with Crippen molar-refractivity contribution in [1.29, 1.82) is 0 Å². The van der Waals surface area contributed by atoms with Crippen LogP contribution in [0.15, 0.2) is 24.3 Å². The normalized spacial score (nSPS) is 10.2. The van der Waals surface area contributed by atoms with E-state index in [1.165, 1.54) is 24.3 Å². The molecule has 0 N–H and O–H groups in total. The van der Waals surface area contributed by atoms with Crippen LogP contribution in [0.1, 0.15) is 20.7 Å². The second kappa shape index (κ2) is 7.67. The Bertz CT molecular complexity index is 356. The molecule has 8 heteroatoms. The molecule has 0 amide bonds. The summed E-state index contributed by atoms with van der Waals surface area (Å²) in [6, 6.07) is 5.80. The van der Waals surface area contributed by atoms with Gasteiger partial charge in [-0.05, 0) is 47.5 Å². The number of alkyl halides is 4. The quantitative estimate of drug-likeness (QED) is 0.552. The minimum absolute atomic E-state index is 0.346. The Labute approximate surface area is 128 Å². The van der Waals surface area contributed by atoms with Crippen LogP contribution in [0.2, 0.25) is 0 Å². The fraction of sp³-hybridized carbons (Fsp3) is 0.111. The summed E-state index contributed by atoms with van der Waals surface area (Å²) in [5.41, 5.74) is 0.691. The molecule has 0 saturated heterocycles. The van der Waals surface area contributed by atoms with Crippen LogP contribution in [0.25, 0.3) is 0 Å². The molecule has 0 aliphatic carbocycles. The van der Waals surface area contributed by atoms with E-state index in [0.717, 1.165) is 0 Å². The largest absolute Gasteiger partial charge is 0.276 e. The van der Waals surface area contributed by atoms with Crippen molar-refractivity contribution in [2.75, 3.05) is 0 Å². The molecule has 1 rings (SSSR count). The molecule has 0 aliphatic heterocycles. The lowest BCUT2D eigenvalue weighted by atomic mass is 10.2. The summed E-state index contributed by atoms with van der Waals surface area (Å²) in [6.07, 6.45) is 0. The third-order valence-electron chi connectivity index (χ3n) is 1.34. The fourth-order valence-electron chi connectivity index (χ4n) is 0.732. The van der Waals surface area contributed by atoms with E-state index in [-0.39, 0.29) is 0 Å². The van der Waals surface area contributed by atoms with Crippen molar-refractivity contribution in [3.8, 4) is 0 Å². The van der Waals surface area contributed by atoms with Crippen molar-refractivity contribution in [2.45, 2.75) is 3.25 Å². The zero-order valence-corrected chi connectivity index (χ0v) is 12.4. The summed E-state index contributed by atoms with van der Waals surface area (Å²) < 4.78 is -1.61. The van der Waals surface area contributed by atoms with Gasteiger partial charge in [-0.25, -0.2) is 0 Å². The third kappa shape index (κ3) is 9.95. The van der Waals surface area contributed by atoms with Gasteiger partial charge in [-0.3, -0.25) is 9.59 Å². The third-order valence-corrected chi connectivity index (χ3v) is 1.78. The van der Waals surface area contributed by atoms with Crippen molar-refractivity contribution >= 4 is 80.1 Å². The second-order valence-electron chi connectivity index (χ2n) is 2.55. The van der Waals surface area contributed by atoms with Gasteiger partial charge in [0.2, 0.25) is 0 Å². The molecule has 94 valence electrons. The lowest BCUT2D eigenvalue weighted by Crippen LogP contribution is -1.92. The van der Waals surface area contributed by atoms with Gasteiger partial charge in [0.1, 0.15) is 0 Å². The van der Waals surface area contributed by atoms with Gasteiger partial charge in [0.15, 0.2) is 0 Å². The standard InChI is InChI=1S/C8H4Cl2O2.CCl4/c9-7(11)5-1-2-6(4-3-5)8(10)12;2-1(3,4)5/h1-4H;. The molecule has 2 nitrogen and oxygen atoms in total. The van der Waals surface area contributed by atoms with Crippen LogP contribution in [0.5, 0.6) is 0 Å². The molecule has 0 aliphatic rings. The van der Waals surface area contributed by atoms with Gasteiger partial charge in [0.05, 0.1) is 0 Å². The second-order valence-corrected chi connectivity index (χ2v) is 6.67. The van der Waals surface area contributed by atoms with Gasteiger partial charge in [-0.15, -0.1) is 0 Å². The number of hydrogen-bond donors (Lipinski definition) is 0. The Morgan fingerprint density at radius 1 is 0.765 bits per heavy atom. The Balaban J connectivity index is 0.000000437. The monoisotopic (exact) mass is 354 g/mol. The molecule has 0 radical (unpaired) electrons. The molecule has 0 atom stereocenters. The van der Waals surface area contributed by atoms with Crippen LogP contribution in [-0.4, -0.2) is 13.7 Å². The van der Waals surface area contributed by atoms with Crippen LogP contribution < -0.4 is 0 Å². The highest BCUT2D eigenvalue weighted by molar-refractivity contribution is 6.83. The van der Waals surface area contributed by atoms with E-state index in [4.69, 9.17) is 69.6 Å². The minimum Gasteiger partial charge on any atom is -0.276 e. The molecule has 1 aromatic rings. The first kappa shape index (κ1) is 17.3. The maximum absolute atomic E-state index is 10.6. The SMILES string of the molecule is ClC(Cl)(Cl)Cl.O=C(Cl)c1ccc(C(=O)Cl)cc1. The number of carbonyl (C=O) groups excluding carboxylic acids is 2. The summed E-state index contributed by atoms with van der Waals surface area (Å²) in [5, 5.41) is -1.10. The van der Waals surface area contributed by atoms with Crippen molar-refractivity contribution in [2.24, 2.45) is 0 Å². The molecule has 0 fully saturated rings. The van der Waals surface area contributed by atoms with Crippen LogP contribution in [0.3, 0.4) is 0 Å². The molecule has 1 aromatic carbocycles. The Hall–Kier alpha value is 0.300. The number of rotatable bonds is 2. The first-order chi connectivity index (χ1) is 7.61. The van der Waals surface area contributed by atoms with E-state index in [2.05, 4.69) is 0 Å².